The van der Waals surface area contributed by atoms with Crippen LogP contribution in [0.2, 0.25) is 0 Å². The molecular weight excluding hydrogens is 222 g/mol. The molecule has 0 aromatic rings. The van der Waals surface area contributed by atoms with Gasteiger partial charge in [0.15, 0.2) is 0 Å². The second kappa shape index (κ2) is 7.46. The molecule has 0 amide bonds. The minimum atomic E-state index is 0.283. The first-order valence-electron chi connectivity index (χ1n) is 7.60. The van der Waals surface area contributed by atoms with Gasteiger partial charge >= 0.3 is 0 Å². The van der Waals surface area contributed by atoms with E-state index in [2.05, 4.69) is 37.9 Å². The summed E-state index contributed by atoms with van der Waals surface area (Å²) in [5, 5.41) is 0. The van der Waals surface area contributed by atoms with E-state index in [0.29, 0.717) is 0 Å². The molecule has 0 heterocycles. The SMILES string of the molecule is CCC1CCCC(CN)(N(C)CCCN(C)C)C1. The molecule has 2 atom stereocenters. The number of nitrogens with two attached hydrogens (primary N) is 1. The number of likely N-dealkylation sites (N-methyl/N-ethyl adjacent to an activating group) is 1. The summed E-state index contributed by atoms with van der Waals surface area (Å²) < 4.78 is 0. The third-order valence-electron chi connectivity index (χ3n) is 4.79. The molecule has 108 valence electrons. The maximum absolute atomic E-state index is 6.14. The highest BCUT2D eigenvalue weighted by atomic mass is 15.2. The van der Waals surface area contributed by atoms with Gasteiger partial charge in [-0.3, -0.25) is 4.90 Å². The van der Waals surface area contributed by atoms with E-state index < -0.39 is 0 Å². The third kappa shape index (κ3) is 4.22. The van der Waals surface area contributed by atoms with Crippen LogP contribution in [0.25, 0.3) is 0 Å². The maximum atomic E-state index is 6.14. The zero-order valence-electron chi connectivity index (χ0n) is 12.9. The smallest absolute Gasteiger partial charge is 0.0331 e. The molecule has 0 saturated heterocycles. The van der Waals surface area contributed by atoms with E-state index in [9.17, 15) is 0 Å². The predicted molar refractivity (Wildman–Crippen MR) is 79.8 cm³/mol. The second-order valence-electron chi connectivity index (χ2n) is 6.38. The molecule has 1 aliphatic rings. The number of hydrogen-bond acceptors (Lipinski definition) is 3. The largest absolute Gasteiger partial charge is 0.329 e. The van der Waals surface area contributed by atoms with E-state index in [0.717, 1.165) is 12.5 Å². The first-order chi connectivity index (χ1) is 8.54. The Balaban J connectivity index is 2.51. The Morgan fingerprint density at radius 3 is 2.50 bits per heavy atom. The zero-order valence-corrected chi connectivity index (χ0v) is 12.9. The highest BCUT2D eigenvalue weighted by Gasteiger charge is 2.37. The predicted octanol–water partition coefficient (Wildman–Crippen LogP) is 2.17. The standard InChI is InChI=1S/C15H33N3/c1-5-14-8-6-9-15(12-14,13-16)18(4)11-7-10-17(2)3/h14H,5-13,16H2,1-4H3. The molecule has 0 spiro atoms. The van der Waals surface area contributed by atoms with Crippen LogP contribution < -0.4 is 5.73 Å². The number of hydrogen-bond donors (Lipinski definition) is 1. The van der Waals surface area contributed by atoms with Crippen molar-refractivity contribution in [2.75, 3.05) is 40.8 Å². The van der Waals surface area contributed by atoms with Crippen LogP contribution in [0.4, 0.5) is 0 Å². The summed E-state index contributed by atoms with van der Waals surface area (Å²) in [6.45, 7) is 5.49. The first kappa shape index (κ1) is 15.9. The van der Waals surface area contributed by atoms with Crippen molar-refractivity contribution in [3.05, 3.63) is 0 Å². The van der Waals surface area contributed by atoms with E-state index in [1.54, 1.807) is 0 Å². The van der Waals surface area contributed by atoms with E-state index in [1.807, 2.05) is 0 Å². The molecule has 0 aromatic heterocycles. The van der Waals surface area contributed by atoms with Crippen LogP contribution in [0.3, 0.4) is 0 Å². The second-order valence-corrected chi connectivity index (χ2v) is 6.38. The van der Waals surface area contributed by atoms with Gasteiger partial charge in [-0.2, -0.15) is 0 Å². The van der Waals surface area contributed by atoms with Crippen LogP contribution in [-0.2, 0) is 0 Å². The van der Waals surface area contributed by atoms with E-state index in [-0.39, 0.29) is 5.54 Å². The van der Waals surface area contributed by atoms with Crippen molar-refractivity contribution in [2.24, 2.45) is 11.7 Å². The molecule has 1 rings (SSSR count). The number of nitrogens with zero attached hydrogens (tertiary/aromatic N) is 2. The van der Waals surface area contributed by atoms with Crippen LogP contribution in [0.15, 0.2) is 0 Å². The van der Waals surface area contributed by atoms with Crippen LogP contribution >= 0.6 is 0 Å². The van der Waals surface area contributed by atoms with E-state index in [1.165, 1.54) is 51.6 Å². The summed E-state index contributed by atoms with van der Waals surface area (Å²) in [6, 6.07) is 0. The van der Waals surface area contributed by atoms with Crippen LogP contribution in [0.1, 0.15) is 45.4 Å². The summed E-state index contributed by atoms with van der Waals surface area (Å²) in [7, 11) is 6.57. The maximum Gasteiger partial charge on any atom is 0.0331 e. The Morgan fingerprint density at radius 2 is 1.94 bits per heavy atom. The summed E-state index contributed by atoms with van der Waals surface area (Å²) in [5.41, 5.74) is 6.42. The van der Waals surface area contributed by atoms with Crippen molar-refractivity contribution in [1.29, 1.82) is 0 Å². The molecule has 2 N–H and O–H groups in total. The van der Waals surface area contributed by atoms with Crippen molar-refractivity contribution in [3.63, 3.8) is 0 Å². The monoisotopic (exact) mass is 255 g/mol. The van der Waals surface area contributed by atoms with Crippen LogP contribution in [0, 0.1) is 5.92 Å². The normalized spacial score (nSPS) is 29.2. The molecule has 1 fully saturated rings. The van der Waals surface area contributed by atoms with Crippen molar-refractivity contribution in [3.8, 4) is 0 Å². The highest BCUT2D eigenvalue weighted by Crippen LogP contribution is 2.37. The number of rotatable bonds is 7. The molecule has 0 aromatic carbocycles. The van der Waals surface area contributed by atoms with Gasteiger partial charge in [0.05, 0.1) is 0 Å². The van der Waals surface area contributed by atoms with Crippen LogP contribution in [-0.4, -0.2) is 56.1 Å². The van der Waals surface area contributed by atoms with Crippen molar-refractivity contribution < 1.29 is 0 Å². The van der Waals surface area contributed by atoms with Crippen molar-refractivity contribution >= 4 is 0 Å². The lowest BCUT2D eigenvalue weighted by Crippen LogP contribution is -2.55. The lowest BCUT2D eigenvalue weighted by Gasteiger charge is -2.47. The summed E-state index contributed by atoms with van der Waals surface area (Å²) in [5.74, 6) is 0.888. The van der Waals surface area contributed by atoms with Gasteiger partial charge in [-0.25, -0.2) is 0 Å². The molecule has 0 aliphatic heterocycles. The highest BCUT2D eigenvalue weighted by molar-refractivity contribution is 4.95. The van der Waals surface area contributed by atoms with Crippen molar-refractivity contribution in [2.45, 2.75) is 51.0 Å². The average molecular weight is 255 g/mol. The third-order valence-corrected chi connectivity index (χ3v) is 4.79. The lowest BCUT2D eigenvalue weighted by molar-refractivity contribution is 0.0541. The van der Waals surface area contributed by atoms with Gasteiger partial charge in [-0.05, 0) is 59.4 Å². The molecule has 0 bridgehead atoms. The minimum absolute atomic E-state index is 0.283. The summed E-state index contributed by atoms with van der Waals surface area (Å²) in [4.78, 5) is 4.82. The molecule has 0 radical (unpaired) electrons. The Bertz CT molecular complexity index is 230. The van der Waals surface area contributed by atoms with Gasteiger partial charge < -0.3 is 10.6 Å². The molecule has 18 heavy (non-hydrogen) atoms. The van der Waals surface area contributed by atoms with Gasteiger partial charge in [0.2, 0.25) is 0 Å². The fourth-order valence-corrected chi connectivity index (χ4v) is 3.36. The minimum Gasteiger partial charge on any atom is -0.329 e. The van der Waals surface area contributed by atoms with Gasteiger partial charge in [-0.15, -0.1) is 0 Å². The first-order valence-corrected chi connectivity index (χ1v) is 7.60. The van der Waals surface area contributed by atoms with Gasteiger partial charge in [-0.1, -0.05) is 26.2 Å². The Hall–Kier alpha value is -0.120. The summed E-state index contributed by atoms with van der Waals surface area (Å²) in [6.07, 6.45) is 7.91. The molecule has 3 nitrogen and oxygen atoms in total. The summed E-state index contributed by atoms with van der Waals surface area (Å²) >= 11 is 0. The van der Waals surface area contributed by atoms with Gasteiger partial charge in [0.25, 0.3) is 0 Å². The lowest BCUT2D eigenvalue weighted by atomic mass is 9.74. The van der Waals surface area contributed by atoms with E-state index in [4.69, 9.17) is 5.73 Å². The van der Waals surface area contributed by atoms with Gasteiger partial charge in [0, 0.05) is 12.1 Å². The fourth-order valence-electron chi connectivity index (χ4n) is 3.36. The topological polar surface area (TPSA) is 32.5 Å². The zero-order chi connectivity index (χ0) is 13.6. The molecule has 2 unspecified atom stereocenters. The quantitative estimate of drug-likeness (QED) is 0.757. The average Bonchev–Trinajstić information content (AvgIpc) is 2.38. The Kier molecular flexibility index (Phi) is 6.61. The molecule has 1 saturated carbocycles. The van der Waals surface area contributed by atoms with E-state index >= 15 is 0 Å². The Morgan fingerprint density at radius 1 is 1.22 bits per heavy atom. The van der Waals surface area contributed by atoms with Crippen molar-refractivity contribution in [1.82, 2.24) is 9.80 Å². The molecule has 3 heteroatoms. The Labute approximate surface area is 114 Å². The van der Waals surface area contributed by atoms with Crippen LogP contribution in [0.5, 0.6) is 0 Å². The van der Waals surface area contributed by atoms with Gasteiger partial charge in [0.1, 0.15) is 0 Å². The molecule has 1 aliphatic carbocycles. The molecular formula is C15H33N3. The fraction of sp³-hybridized carbons (Fsp3) is 1.00.